The molecule has 0 atom stereocenters. The smallest absolute Gasteiger partial charge is 0.214 e. The van der Waals surface area contributed by atoms with Crippen LogP contribution in [0.3, 0.4) is 0 Å². The third kappa shape index (κ3) is 3.70. The predicted octanol–water partition coefficient (Wildman–Crippen LogP) is 3.07. The minimum absolute atomic E-state index is 0.359. The number of nitrogens with one attached hydrogen (secondary N) is 1. The Morgan fingerprint density at radius 1 is 1.28 bits per heavy atom. The standard InChI is InChI=1S/C15H24N2O/c1-11-4-6-14(7-5-11)18-15-9-13(10-16-3)8-12(2)17-15/h8-9,11,14,16H,4-7,10H2,1-3H3. The van der Waals surface area contributed by atoms with E-state index in [0.717, 1.165) is 36.9 Å². The highest BCUT2D eigenvalue weighted by Crippen LogP contribution is 2.26. The molecule has 1 saturated carbocycles. The van der Waals surface area contributed by atoms with Gasteiger partial charge in [-0.2, -0.15) is 0 Å². The Labute approximate surface area is 110 Å². The molecule has 3 heteroatoms. The van der Waals surface area contributed by atoms with Crippen molar-refractivity contribution in [1.29, 1.82) is 0 Å². The van der Waals surface area contributed by atoms with Gasteiger partial charge in [0.15, 0.2) is 0 Å². The summed E-state index contributed by atoms with van der Waals surface area (Å²) in [6.45, 7) is 5.21. The van der Waals surface area contributed by atoms with Crippen LogP contribution in [0, 0.1) is 12.8 Å². The first kappa shape index (κ1) is 13.3. The lowest BCUT2D eigenvalue weighted by Crippen LogP contribution is -2.23. The van der Waals surface area contributed by atoms with Gasteiger partial charge in [0.2, 0.25) is 5.88 Å². The van der Waals surface area contributed by atoms with Crippen LogP contribution in [0.25, 0.3) is 0 Å². The van der Waals surface area contributed by atoms with Crippen LogP contribution in [-0.2, 0) is 6.54 Å². The Bertz CT molecular complexity index is 384. The van der Waals surface area contributed by atoms with Crippen molar-refractivity contribution in [2.24, 2.45) is 5.92 Å². The summed E-state index contributed by atoms with van der Waals surface area (Å²) in [7, 11) is 1.96. The molecule has 100 valence electrons. The zero-order valence-electron chi connectivity index (χ0n) is 11.7. The van der Waals surface area contributed by atoms with E-state index in [0.29, 0.717) is 6.10 Å². The van der Waals surface area contributed by atoms with Crippen LogP contribution in [0.5, 0.6) is 5.88 Å². The van der Waals surface area contributed by atoms with Crippen molar-refractivity contribution in [3.63, 3.8) is 0 Å². The molecule has 1 heterocycles. The molecule has 1 aliphatic carbocycles. The number of pyridine rings is 1. The maximum atomic E-state index is 6.03. The van der Waals surface area contributed by atoms with Crippen LogP contribution in [0.1, 0.15) is 43.9 Å². The van der Waals surface area contributed by atoms with E-state index in [4.69, 9.17) is 4.74 Å². The third-order valence-corrected chi connectivity index (χ3v) is 3.62. The number of nitrogens with zero attached hydrogens (tertiary/aromatic N) is 1. The molecule has 1 aromatic heterocycles. The molecule has 0 saturated heterocycles. The molecule has 0 aliphatic heterocycles. The summed E-state index contributed by atoms with van der Waals surface area (Å²) in [6.07, 6.45) is 5.24. The van der Waals surface area contributed by atoms with Gasteiger partial charge in [-0.15, -0.1) is 0 Å². The van der Waals surface area contributed by atoms with Crippen LogP contribution in [0.4, 0.5) is 0 Å². The fourth-order valence-corrected chi connectivity index (χ4v) is 2.59. The highest BCUT2D eigenvalue weighted by Gasteiger charge is 2.20. The van der Waals surface area contributed by atoms with Crippen LogP contribution in [0.15, 0.2) is 12.1 Å². The van der Waals surface area contributed by atoms with E-state index in [1.807, 2.05) is 14.0 Å². The van der Waals surface area contributed by atoms with Gasteiger partial charge in [-0.3, -0.25) is 0 Å². The first-order chi connectivity index (χ1) is 8.67. The Kier molecular flexibility index (Phi) is 4.59. The Hall–Kier alpha value is -1.09. The first-order valence-corrected chi connectivity index (χ1v) is 6.96. The van der Waals surface area contributed by atoms with Crippen molar-refractivity contribution in [2.75, 3.05) is 7.05 Å². The van der Waals surface area contributed by atoms with Gasteiger partial charge >= 0.3 is 0 Å². The first-order valence-electron chi connectivity index (χ1n) is 6.96. The predicted molar refractivity (Wildman–Crippen MR) is 73.8 cm³/mol. The fourth-order valence-electron chi connectivity index (χ4n) is 2.59. The summed E-state index contributed by atoms with van der Waals surface area (Å²) in [6, 6.07) is 4.16. The van der Waals surface area contributed by atoms with Crippen LogP contribution in [0.2, 0.25) is 0 Å². The molecule has 0 radical (unpaired) electrons. The van der Waals surface area contributed by atoms with Gasteiger partial charge in [0, 0.05) is 18.3 Å². The zero-order chi connectivity index (χ0) is 13.0. The van der Waals surface area contributed by atoms with Crippen molar-refractivity contribution >= 4 is 0 Å². The van der Waals surface area contributed by atoms with Crippen LogP contribution in [-0.4, -0.2) is 18.1 Å². The van der Waals surface area contributed by atoms with Crippen LogP contribution < -0.4 is 10.1 Å². The van der Waals surface area contributed by atoms with E-state index in [1.54, 1.807) is 0 Å². The number of aryl methyl sites for hydroxylation is 1. The maximum Gasteiger partial charge on any atom is 0.214 e. The lowest BCUT2D eigenvalue weighted by atomic mass is 9.89. The van der Waals surface area contributed by atoms with Gasteiger partial charge in [-0.1, -0.05) is 6.92 Å². The lowest BCUT2D eigenvalue weighted by molar-refractivity contribution is 0.130. The van der Waals surface area contributed by atoms with Gasteiger partial charge in [-0.05, 0) is 57.2 Å². The maximum absolute atomic E-state index is 6.03. The molecule has 3 nitrogen and oxygen atoms in total. The lowest BCUT2D eigenvalue weighted by Gasteiger charge is -2.26. The molecule has 0 aromatic carbocycles. The Morgan fingerprint density at radius 2 is 2.00 bits per heavy atom. The second-order valence-corrected chi connectivity index (χ2v) is 5.49. The molecule has 0 bridgehead atoms. The SMILES string of the molecule is CNCc1cc(C)nc(OC2CCC(C)CC2)c1. The van der Waals surface area contributed by atoms with Crippen molar-refractivity contribution < 1.29 is 4.74 Å². The average Bonchev–Trinajstić information content (AvgIpc) is 2.32. The topological polar surface area (TPSA) is 34.2 Å². The summed E-state index contributed by atoms with van der Waals surface area (Å²) in [5.41, 5.74) is 2.27. The van der Waals surface area contributed by atoms with Crippen molar-refractivity contribution in [3.8, 4) is 5.88 Å². The Morgan fingerprint density at radius 3 is 2.67 bits per heavy atom. The number of ether oxygens (including phenoxy) is 1. The second-order valence-electron chi connectivity index (χ2n) is 5.49. The van der Waals surface area contributed by atoms with Gasteiger partial charge in [0.05, 0.1) is 0 Å². The quantitative estimate of drug-likeness (QED) is 0.889. The second kappa shape index (κ2) is 6.19. The molecule has 0 unspecified atom stereocenters. The summed E-state index contributed by atoms with van der Waals surface area (Å²) in [5.74, 6) is 1.65. The number of aromatic nitrogens is 1. The minimum Gasteiger partial charge on any atom is -0.474 e. The summed E-state index contributed by atoms with van der Waals surface area (Å²) < 4.78 is 6.03. The van der Waals surface area contributed by atoms with Gasteiger partial charge < -0.3 is 10.1 Å². The van der Waals surface area contributed by atoms with Gasteiger partial charge in [0.1, 0.15) is 6.10 Å². The van der Waals surface area contributed by atoms with E-state index in [2.05, 4.69) is 29.4 Å². The van der Waals surface area contributed by atoms with E-state index in [9.17, 15) is 0 Å². The largest absolute Gasteiger partial charge is 0.474 e. The molecular weight excluding hydrogens is 224 g/mol. The third-order valence-electron chi connectivity index (χ3n) is 3.62. The number of rotatable bonds is 4. The summed E-state index contributed by atoms with van der Waals surface area (Å²) >= 11 is 0. The highest BCUT2D eigenvalue weighted by atomic mass is 16.5. The normalized spacial score (nSPS) is 23.9. The fraction of sp³-hybridized carbons (Fsp3) is 0.667. The van der Waals surface area contributed by atoms with Crippen LogP contribution >= 0.6 is 0 Å². The highest BCUT2D eigenvalue weighted by molar-refractivity contribution is 5.24. The van der Waals surface area contributed by atoms with E-state index < -0.39 is 0 Å². The number of hydrogen-bond donors (Lipinski definition) is 1. The molecule has 18 heavy (non-hydrogen) atoms. The monoisotopic (exact) mass is 248 g/mol. The van der Waals surface area contributed by atoms with E-state index >= 15 is 0 Å². The average molecular weight is 248 g/mol. The molecule has 2 rings (SSSR count). The molecule has 1 fully saturated rings. The molecule has 1 aromatic rings. The molecular formula is C15H24N2O. The van der Waals surface area contributed by atoms with E-state index in [-0.39, 0.29) is 0 Å². The zero-order valence-corrected chi connectivity index (χ0v) is 11.7. The molecule has 0 spiro atoms. The van der Waals surface area contributed by atoms with Gasteiger partial charge in [0.25, 0.3) is 0 Å². The van der Waals surface area contributed by atoms with E-state index in [1.165, 1.54) is 18.4 Å². The summed E-state index contributed by atoms with van der Waals surface area (Å²) in [5, 5.41) is 3.16. The van der Waals surface area contributed by atoms with Crippen molar-refractivity contribution in [3.05, 3.63) is 23.4 Å². The number of hydrogen-bond acceptors (Lipinski definition) is 3. The minimum atomic E-state index is 0.359. The molecule has 0 amide bonds. The van der Waals surface area contributed by atoms with Gasteiger partial charge in [-0.25, -0.2) is 4.98 Å². The van der Waals surface area contributed by atoms with Crippen molar-refractivity contribution in [2.45, 2.75) is 52.2 Å². The van der Waals surface area contributed by atoms with Crippen molar-refractivity contribution in [1.82, 2.24) is 10.3 Å². The molecule has 1 N–H and O–H groups in total. The summed E-state index contributed by atoms with van der Waals surface area (Å²) in [4.78, 5) is 4.48. The molecule has 1 aliphatic rings. The Balaban J connectivity index is 2.00.